The second kappa shape index (κ2) is 5.29. The minimum atomic E-state index is -0.650. The number of rotatable bonds is 3. The van der Waals surface area contributed by atoms with Gasteiger partial charge in [-0.15, -0.1) is 11.6 Å². The maximum Gasteiger partial charge on any atom is 0.265 e. The van der Waals surface area contributed by atoms with Crippen LogP contribution in [0.4, 0.5) is 5.69 Å². The fourth-order valence-electron chi connectivity index (χ4n) is 1.83. The molecule has 1 aromatic carbocycles. The van der Waals surface area contributed by atoms with Gasteiger partial charge in [-0.2, -0.15) is 5.26 Å². The number of carbonyl (C=O) groups is 2. The van der Waals surface area contributed by atoms with Crippen LogP contribution in [0.25, 0.3) is 0 Å². The normalized spacial score (nSPS) is 15.2. The van der Waals surface area contributed by atoms with E-state index in [-0.39, 0.29) is 24.8 Å². The highest BCUT2D eigenvalue weighted by molar-refractivity contribution is 6.33. The number of nitrogens with zero attached hydrogens (tertiary/aromatic N) is 2. The molecule has 1 atom stereocenters. The lowest BCUT2D eigenvalue weighted by molar-refractivity contribution is -0.121. The van der Waals surface area contributed by atoms with Crippen molar-refractivity contribution >= 4 is 29.0 Å². The molecule has 19 heavy (non-hydrogen) atoms. The van der Waals surface area contributed by atoms with Gasteiger partial charge in [0.2, 0.25) is 0 Å². The van der Waals surface area contributed by atoms with Gasteiger partial charge in [0.05, 0.1) is 17.1 Å². The number of hydrogen-bond donors (Lipinski definition) is 0. The van der Waals surface area contributed by atoms with Crippen molar-refractivity contribution in [2.24, 2.45) is 0 Å². The molecule has 0 radical (unpaired) electrons. The van der Waals surface area contributed by atoms with Crippen molar-refractivity contribution in [2.45, 2.75) is 12.3 Å². The smallest absolute Gasteiger partial charge is 0.265 e. The number of carbonyl (C=O) groups excluding carboxylic acids is 2. The Morgan fingerprint density at radius 2 is 2.37 bits per heavy atom. The Morgan fingerprint density at radius 1 is 1.63 bits per heavy atom. The molecule has 1 heterocycles. The molecule has 1 aliphatic heterocycles. The van der Waals surface area contributed by atoms with Gasteiger partial charge in [-0.25, -0.2) is 0 Å². The molecule has 0 aliphatic carbocycles. The zero-order valence-electron chi connectivity index (χ0n) is 10.2. The molecule has 0 saturated heterocycles. The van der Waals surface area contributed by atoms with Crippen molar-refractivity contribution in [3.05, 3.63) is 23.8 Å². The van der Waals surface area contributed by atoms with E-state index >= 15 is 0 Å². The number of amides is 1. The molecule has 0 saturated carbocycles. The van der Waals surface area contributed by atoms with Gasteiger partial charge in [0, 0.05) is 5.56 Å². The van der Waals surface area contributed by atoms with Crippen LogP contribution >= 0.6 is 11.6 Å². The first kappa shape index (κ1) is 13.4. The monoisotopic (exact) mass is 278 g/mol. The number of ketones is 1. The van der Waals surface area contributed by atoms with Gasteiger partial charge in [-0.05, 0) is 25.1 Å². The molecule has 1 amide bonds. The lowest BCUT2D eigenvalue weighted by Crippen LogP contribution is -2.39. The molecule has 98 valence electrons. The second-order valence-corrected chi connectivity index (χ2v) is 4.74. The van der Waals surface area contributed by atoms with Crippen LogP contribution in [0.3, 0.4) is 0 Å². The number of nitriles is 1. The standard InChI is InChI=1S/C13H11ClN2O3/c1-8(14)13(18)9-2-3-11-10(6-9)16(5-4-15)12(17)7-19-11/h2-3,6,8H,5,7H2,1H3. The first-order valence-electron chi connectivity index (χ1n) is 5.67. The fraction of sp³-hybridized carbons (Fsp3) is 0.308. The largest absolute Gasteiger partial charge is 0.482 e. The van der Waals surface area contributed by atoms with Crippen molar-refractivity contribution in [1.82, 2.24) is 0 Å². The van der Waals surface area contributed by atoms with Crippen molar-refractivity contribution < 1.29 is 14.3 Å². The van der Waals surface area contributed by atoms with Crippen LogP contribution < -0.4 is 9.64 Å². The van der Waals surface area contributed by atoms with E-state index in [1.54, 1.807) is 19.1 Å². The van der Waals surface area contributed by atoms with Crippen LogP contribution in [0.2, 0.25) is 0 Å². The third-order valence-electron chi connectivity index (χ3n) is 2.78. The lowest BCUT2D eigenvalue weighted by Gasteiger charge is -2.27. The van der Waals surface area contributed by atoms with E-state index < -0.39 is 5.38 Å². The summed E-state index contributed by atoms with van der Waals surface area (Å²) in [7, 11) is 0. The molecule has 0 fully saturated rings. The van der Waals surface area contributed by atoms with E-state index in [2.05, 4.69) is 0 Å². The predicted octanol–water partition coefficient (Wildman–Crippen LogP) is 1.75. The van der Waals surface area contributed by atoms with Crippen LogP contribution in [0.5, 0.6) is 5.75 Å². The van der Waals surface area contributed by atoms with E-state index in [9.17, 15) is 9.59 Å². The van der Waals surface area contributed by atoms with E-state index in [0.717, 1.165) is 0 Å². The van der Waals surface area contributed by atoms with Crippen molar-refractivity contribution in [1.29, 1.82) is 5.26 Å². The van der Waals surface area contributed by atoms with Gasteiger partial charge in [-0.3, -0.25) is 14.5 Å². The summed E-state index contributed by atoms with van der Waals surface area (Å²) in [4.78, 5) is 24.8. The van der Waals surface area contributed by atoms with Gasteiger partial charge in [0.25, 0.3) is 5.91 Å². The number of alkyl halides is 1. The van der Waals surface area contributed by atoms with E-state index in [1.807, 2.05) is 6.07 Å². The van der Waals surface area contributed by atoms with Crippen LogP contribution in [0.1, 0.15) is 17.3 Å². The number of Topliss-reactive ketones (excluding diaryl/α,β-unsaturated/α-hetero) is 1. The Morgan fingerprint density at radius 3 is 3.00 bits per heavy atom. The summed E-state index contributed by atoms with van der Waals surface area (Å²) < 4.78 is 5.26. The van der Waals surface area contributed by atoms with E-state index in [0.29, 0.717) is 17.0 Å². The quantitative estimate of drug-likeness (QED) is 0.480. The summed E-state index contributed by atoms with van der Waals surface area (Å²) in [6, 6.07) is 6.66. The summed E-state index contributed by atoms with van der Waals surface area (Å²) >= 11 is 5.76. The topological polar surface area (TPSA) is 70.4 Å². The number of fused-ring (bicyclic) bond motifs is 1. The van der Waals surface area contributed by atoms with Crippen LogP contribution in [0.15, 0.2) is 18.2 Å². The van der Waals surface area contributed by atoms with Gasteiger partial charge >= 0.3 is 0 Å². The molecule has 0 N–H and O–H groups in total. The summed E-state index contributed by atoms with van der Waals surface area (Å²) in [6.07, 6.45) is 0. The predicted molar refractivity (Wildman–Crippen MR) is 69.5 cm³/mol. The Kier molecular flexibility index (Phi) is 3.72. The number of anilines is 1. The van der Waals surface area contributed by atoms with Crippen molar-refractivity contribution in [3.8, 4) is 11.8 Å². The average Bonchev–Trinajstić information content (AvgIpc) is 2.40. The first-order valence-corrected chi connectivity index (χ1v) is 6.10. The fourth-order valence-corrected chi connectivity index (χ4v) is 1.96. The van der Waals surface area contributed by atoms with Crippen LogP contribution in [-0.2, 0) is 4.79 Å². The third kappa shape index (κ3) is 2.54. The van der Waals surface area contributed by atoms with Crippen molar-refractivity contribution in [2.75, 3.05) is 18.1 Å². The van der Waals surface area contributed by atoms with E-state index in [1.165, 1.54) is 11.0 Å². The Balaban J connectivity index is 2.44. The highest BCUT2D eigenvalue weighted by Crippen LogP contribution is 2.33. The first-order chi connectivity index (χ1) is 9.04. The van der Waals surface area contributed by atoms with E-state index in [4.69, 9.17) is 21.6 Å². The number of hydrogen-bond acceptors (Lipinski definition) is 4. The number of benzene rings is 1. The zero-order chi connectivity index (χ0) is 14.0. The zero-order valence-corrected chi connectivity index (χ0v) is 11.0. The molecule has 0 aromatic heterocycles. The minimum Gasteiger partial charge on any atom is -0.482 e. The molecule has 5 nitrogen and oxygen atoms in total. The Bertz CT molecular complexity index is 578. The molecule has 1 aromatic rings. The molecule has 6 heteroatoms. The van der Waals surface area contributed by atoms with Crippen molar-refractivity contribution in [3.63, 3.8) is 0 Å². The number of ether oxygens (including phenoxy) is 1. The molecule has 1 unspecified atom stereocenters. The summed E-state index contributed by atoms with van der Waals surface area (Å²) in [5.74, 6) is -0.0643. The highest BCUT2D eigenvalue weighted by atomic mass is 35.5. The van der Waals surface area contributed by atoms with Gasteiger partial charge < -0.3 is 4.74 Å². The molecular weight excluding hydrogens is 268 g/mol. The summed E-state index contributed by atoms with van der Waals surface area (Å²) in [5, 5.41) is 8.11. The third-order valence-corrected chi connectivity index (χ3v) is 2.97. The highest BCUT2D eigenvalue weighted by Gasteiger charge is 2.26. The van der Waals surface area contributed by atoms with Crippen LogP contribution in [0, 0.1) is 11.3 Å². The second-order valence-electron chi connectivity index (χ2n) is 4.09. The Hall–Kier alpha value is -2.06. The van der Waals surface area contributed by atoms with Crippen LogP contribution in [-0.4, -0.2) is 30.2 Å². The summed E-state index contributed by atoms with van der Waals surface area (Å²) in [5.41, 5.74) is 0.823. The van der Waals surface area contributed by atoms with Gasteiger partial charge in [0.1, 0.15) is 12.3 Å². The molecule has 0 bridgehead atoms. The van der Waals surface area contributed by atoms with Gasteiger partial charge in [-0.1, -0.05) is 0 Å². The maximum absolute atomic E-state index is 11.8. The Labute approximate surface area is 115 Å². The molecular formula is C13H11ClN2O3. The van der Waals surface area contributed by atoms with Gasteiger partial charge in [0.15, 0.2) is 12.4 Å². The minimum absolute atomic E-state index is 0.0801. The molecule has 2 rings (SSSR count). The lowest BCUT2D eigenvalue weighted by atomic mass is 10.1. The average molecular weight is 279 g/mol. The summed E-state index contributed by atoms with van der Waals surface area (Å²) in [6.45, 7) is 1.40. The molecule has 1 aliphatic rings. The number of halogens is 1. The maximum atomic E-state index is 11.8. The SMILES string of the molecule is CC(Cl)C(=O)c1ccc2c(c1)N(CC#N)C(=O)CO2. The molecule has 0 spiro atoms.